The van der Waals surface area contributed by atoms with Crippen molar-refractivity contribution in [3.8, 4) is 11.5 Å². The van der Waals surface area contributed by atoms with Crippen LogP contribution in [0.2, 0.25) is 5.02 Å². The summed E-state index contributed by atoms with van der Waals surface area (Å²) in [5.74, 6) is 0.188. The monoisotopic (exact) mass is 370 g/mol. The van der Waals surface area contributed by atoms with Crippen molar-refractivity contribution < 1.29 is 18.7 Å². The highest BCUT2D eigenvalue weighted by Crippen LogP contribution is 2.28. The zero-order valence-corrected chi connectivity index (χ0v) is 14.6. The van der Waals surface area contributed by atoms with Crippen molar-refractivity contribution in [1.82, 2.24) is 0 Å². The van der Waals surface area contributed by atoms with E-state index in [4.69, 9.17) is 25.5 Å². The zero-order valence-electron chi connectivity index (χ0n) is 13.8. The highest BCUT2D eigenvalue weighted by atomic mass is 35.5. The van der Waals surface area contributed by atoms with Gasteiger partial charge in [-0.05, 0) is 48.0 Å². The zero-order chi connectivity index (χ0) is 18.4. The summed E-state index contributed by atoms with van der Waals surface area (Å²) in [6.45, 7) is 0. The largest absolute Gasteiger partial charge is 0.493 e. The summed E-state index contributed by atoms with van der Waals surface area (Å²) in [4.78, 5) is 12.0. The third-order valence-electron chi connectivity index (χ3n) is 3.39. The van der Waals surface area contributed by atoms with E-state index in [0.717, 1.165) is 5.56 Å². The van der Waals surface area contributed by atoms with E-state index in [1.807, 2.05) is 18.2 Å². The number of ether oxygens (including phenoxy) is 2. The Balaban J connectivity index is 1.71. The second kappa shape index (κ2) is 8.22. The summed E-state index contributed by atoms with van der Waals surface area (Å²) in [5.41, 5.74) is 4.31. The van der Waals surface area contributed by atoms with Gasteiger partial charge < -0.3 is 13.9 Å². The Labute approximate surface area is 155 Å². The molecule has 0 fully saturated rings. The van der Waals surface area contributed by atoms with Gasteiger partial charge >= 0.3 is 5.97 Å². The summed E-state index contributed by atoms with van der Waals surface area (Å²) in [6.07, 6.45) is 3.00. The molecule has 0 aliphatic rings. The predicted octanol–water partition coefficient (Wildman–Crippen LogP) is 4.61. The van der Waals surface area contributed by atoms with Crippen LogP contribution in [0.25, 0.3) is 0 Å². The molecule has 2 aromatic carbocycles. The Morgan fingerprint density at radius 1 is 1.15 bits per heavy atom. The Morgan fingerprint density at radius 3 is 2.73 bits per heavy atom. The normalized spacial score (nSPS) is 10.7. The lowest BCUT2D eigenvalue weighted by atomic mass is 10.2. The number of methoxy groups -OCH3 is 1. The number of para-hydroxylation sites is 1. The fourth-order valence-electron chi connectivity index (χ4n) is 2.12. The summed E-state index contributed by atoms with van der Waals surface area (Å²) >= 11 is 6.05. The van der Waals surface area contributed by atoms with E-state index in [9.17, 15) is 4.79 Å². The van der Waals surface area contributed by atoms with E-state index in [1.54, 1.807) is 36.5 Å². The lowest BCUT2D eigenvalue weighted by molar-refractivity contribution is 0.0696. The van der Waals surface area contributed by atoms with Crippen molar-refractivity contribution in [3.63, 3.8) is 0 Å². The van der Waals surface area contributed by atoms with E-state index < -0.39 is 5.97 Å². The molecule has 26 heavy (non-hydrogen) atoms. The number of esters is 1. The van der Waals surface area contributed by atoms with Gasteiger partial charge in [-0.1, -0.05) is 23.7 Å². The number of anilines is 1. The van der Waals surface area contributed by atoms with Gasteiger partial charge in [0.25, 0.3) is 0 Å². The summed E-state index contributed by atoms with van der Waals surface area (Å²) in [5, 5.41) is 4.71. The van der Waals surface area contributed by atoms with Gasteiger partial charge in [-0.3, -0.25) is 5.43 Å². The maximum Gasteiger partial charge on any atom is 0.379 e. The van der Waals surface area contributed by atoms with Crippen molar-refractivity contribution in [2.45, 2.75) is 0 Å². The number of furan rings is 1. The molecule has 0 bridgehead atoms. The van der Waals surface area contributed by atoms with Crippen LogP contribution >= 0.6 is 11.6 Å². The summed E-state index contributed by atoms with van der Waals surface area (Å²) in [6, 6.07) is 15.5. The highest BCUT2D eigenvalue weighted by molar-refractivity contribution is 6.33. The summed E-state index contributed by atoms with van der Waals surface area (Å²) < 4.78 is 15.6. The molecule has 0 aliphatic carbocycles. The third kappa shape index (κ3) is 4.23. The molecule has 7 heteroatoms. The molecule has 0 saturated heterocycles. The number of hydrazone groups is 1. The van der Waals surface area contributed by atoms with Gasteiger partial charge in [-0.15, -0.1) is 0 Å². The van der Waals surface area contributed by atoms with Crippen molar-refractivity contribution >= 4 is 29.5 Å². The number of nitrogens with zero attached hydrogens (tertiary/aromatic N) is 1. The van der Waals surface area contributed by atoms with Crippen molar-refractivity contribution in [3.05, 3.63) is 77.2 Å². The first-order chi connectivity index (χ1) is 12.7. The number of nitrogens with one attached hydrogen (secondary N) is 1. The molecule has 0 aliphatic heterocycles. The predicted molar refractivity (Wildman–Crippen MR) is 99.3 cm³/mol. The van der Waals surface area contributed by atoms with E-state index in [2.05, 4.69) is 10.5 Å². The second-order valence-electron chi connectivity index (χ2n) is 5.13. The maximum atomic E-state index is 12.0. The molecule has 3 rings (SSSR count). The van der Waals surface area contributed by atoms with Crippen LogP contribution in [0, 0.1) is 0 Å². The van der Waals surface area contributed by atoms with Crippen molar-refractivity contribution in [2.24, 2.45) is 5.10 Å². The van der Waals surface area contributed by atoms with Crippen molar-refractivity contribution in [2.75, 3.05) is 12.5 Å². The molecule has 6 nitrogen and oxygen atoms in total. The van der Waals surface area contributed by atoms with Gasteiger partial charge in [0.1, 0.15) is 0 Å². The number of rotatable bonds is 6. The van der Waals surface area contributed by atoms with Crippen molar-refractivity contribution in [1.29, 1.82) is 0 Å². The van der Waals surface area contributed by atoms with Crippen LogP contribution in [0.15, 0.2) is 70.4 Å². The molecule has 0 atom stereocenters. The topological polar surface area (TPSA) is 73.1 Å². The maximum absolute atomic E-state index is 12.0. The van der Waals surface area contributed by atoms with Gasteiger partial charge in [0.15, 0.2) is 11.5 Å². The molecule has 0 radical (unpaired) electrons. The fourth-order valence-corrected chi connectivity index (χ4v) is 2.30. The van der Waals surface area contributed by atoms with Crippen LogP contribution in [-0.2, 0) is 0 Å². The highest BCUT2D eigenvalue weighted by Gasteiger charge is 2.14. The SMILES string of the molecule is COc1cc(/C=N/Nc2ccccc2Cl)ccc1OC(=O)c1ccco1. The number of hydrogen-bond donors (Lipinski definition) is 1. The number of carbonyl (C=O) groups is 1. The van der Waals surface area contributed by atoms with Crippen LogP contribution in [0.1, 0.15) is 16.1 Å². The number of carbonyl (C=O) groups excluding carboxylic acids is 1. The Morgan fingerprint density at radius 2 is 2.00 bits per heavy atom. The molecule has 1 N–H and O–H groups in total. The molecule has 1 aromatic heterocycles. The quantitative estimate of drug-likeness (QED) is 0.297. The average molecular weight is 371 g/mol. The third-order valence-corrected chi connectivity index (χ3v) is 3.71. The van der Waals surface area contributed by atoms with Crippen LogP contribution in [0.3, 0.4) is 0 Å². The first kappa shape index (κ1) is 17.6. The van der Waals surface area contributed by atoms with Gasteiger partial charge in [0, 0.05) is 0 Å². The first-order valence-electron chi connectivity index (χ1n) is 7.64. The van der Waals surface area contributed by atoms with E-state index in [1.165, 1.54) is 19.4 Å². The molecule has 1 heterocycles. The minimum Gasteiger partial charge on any atom is -0.493 e. The van der Waals surface area contributed by atoms with Gasteiger partial charge in [-0.2, -0.15) is 5.10 Å². The number of benzene rings is 2. The molecule has 132 valence electrons. The van der Waals surface area contributed by atoms with Crippen LogP contribution < -0.4 is 14.9 Å². The molecular formula is C19H15ClN2O4. The van der Waals surface area contributed by atoms with E-state index in [-0.39, 0.29) is 11.5 Å². The molecule has 0 unspecified atom stereocenters. The van der Waals surface area contributed by atoms with Crippen LogP contribution in [0.5, 0.6) is 11.5 Å². The molecule has 3 aromatic rings. The number of hydrogen-bond acceptors (Lipinski definition) is 6. The fraction of sp³-hybridized carbons (Fsp3) is 0.0526. The van der Waals surface area contributed by atoms with Gasteiger partial charge in [-0.25, -0.2) is 4.79 Å². The molecule has 0 amide bonds. The minimum atomic E-state index is -0.602. The molecule has 0 saturated carbocycles. The van der Waals surface area contributed by atoms with Gasteiger partial charge in [0.05, 0.1) is 30.3 Å². The lowest BCUT2D eigenvalue weighted by Crippen LogP contribution is -2.08. The smallest absolute Gasteiger partial charge is 0.379 e. The second-order valence-corrected chi connectivity index (χ2v) is 5.53. The van der Waals surface area contributed by atoms with Gasteiger partial charge in [0.2, 0.25) is 5.76 Å². The average Bonchev–Trinajstić information content (AvgIpc) is 3.19. The molecular weight excluding hydrogens is 356 g/mol. The Bertz CT molecular complexity index is 923. The standard InChI is InChI=1S/C19H15ClN2O4/c1-24-18-11-13(12-21-22-15-6-3-2-5-14(15)20)8-9-16(18)26-19(23)17-7-4-10-25-17/h2-12,22H,1H3/b21-12+. The first-order valence-corrected chi connectivity index (χ1v) is 8.02. The molecule has 0 spiro atoms. The minimum absolute atomic E-state index is 0.113. The van der Waals surface area contributed by atoms with E-state index in [0.29, 0.717) is 16.5 Å². The Hall–Kier alpha value is -3.25. The number of halogens is 1. The van der Waals surface area contributed by atoms with E-state index >= 15 is 0 Å². The summed E-state index contributed by atoms with van der Waals surface area (Å²) in [7, 11) is 1.49. The van der Waals surface area contributed by atoms with Crippen LogP contribution in [0.4, 0.5) is 5.69 Å². The Kier molecular flexibility index (Phi) is 5.56. The lowest BCUT2D eigenvalue weighted by Gasteiger charge is -2.09. The van der Waals surface area contributed by atoms with Crippen LogP contribution in [-0.4, -0.2) is 19.3 Å².